The third-order valence-electron chi connectivity index (χ3n) is 2.72. The summed E-state index contributed by atoms with van der Waals surface area (Å²) >= 11 is 11.6. The number of carbonyl (C=O) groups is 1. The number of nitrogens with one attached hydrogen (secondary N) is 2. The summed E-state index contributed by atoms with van der Waals surface area (Å²) in [5.74, 6) is 0.0686. The smallest absolute Gasteiger partial charge is 0.319 e. The zero-order chi connectivity index (χ0) is 15.4. The van der Waals surface area contributed by atoms with E-state index in [9.17, 15) is 9.90 Å². The molecule has 0 saturated carbocycles. The first kappa shape index (κ1) is 15.3. The van der Waals surface area contributed by atoms with Gasteiger partial charge in [0, 0.05) is 23.5 Å². The molecule has 0 saturated heterocycles. The highest BCUT2D eigenvalue weighted by molar-refractivity contribution is 6.42. The Morgan fingerprint density at radius 3 is 2.62 bits per heavy atom. The van der Waals surface area contributed by atoms with E-state index in [2.05, 4.69) is 10.6 Å². The van der Waals surface area contributed by atoms with Gasteiger partial charge >= 0.3 is 6.03 Å². The van der Waals surface area contributed by atoms with Crippen LogP contribution in [0, 0.1) is 0 Å². The first-order chi connectivity index (χ1) is 9.95. The largest absolute Gasteiger partial charge is 0.508 e. The number of nitrogen functional groups attached to an aromatic ring is 1. The number of rotatable bonds is 3. The van der Waals surface area contributed by atoms with Gasteiger partial charge in [-0.3, -0.25) is 0 Å². The molecule has 0 aromatic heterocycles. The van der Waals surface area contributed by atoms with E-state index in [0.29, 0.717) is 27.0 Å². The number of amides is 2. The Bertz CT molecular complexity index is 677. The van der Waals surface area contributed by atoms with Gasteiger partial charge in [-0.1, -0.05) is 23.2 Å². The molecule has 0 heterocycles. The van der Waals surface area contributed by atoms with Crippen LogP contribution < -0.4 is 16.4 Å². The highest BCUT2D eigenvalue weighted by Gasteiger charge is 2.06. The number of hydrogen-bond donors (Lipinski definition) is 4. The number of carbonyl (C=O) groups excluding carboxylic acids is 1. The number of phenols is 1. The van der Waals surface area contributed by atoms with Crippen LogP contribution in [0.4, 0.5) is 16.2 Å². The number of anilines is 2. The molecular formula is C14H13Cl2N3O2. The van der Waals surface area contributed by atoms with Crippen molar-refractivity contribution in [3.63, 3.8) is 0 Å². The summed E-state index contributed by atoms with van der Waals surface area (Å²) in [5.41, 5.74) is 7.17. The van der Waals surface area contributed by atoms with Crippen molar-refractivity contribution in [2.75, 3.05) is 11.1 Å². The molecule has 5 nitrogen and oxygen atoms in total. The topological polar surface area (TPSA) is 87.4 Å². The van der Waals surface area contributed by atoms with Gasteiger partial charge in [0.25, 0.3) is 0 Å². The van der Waals surface area contributed by atoms with Crippen LogP contribution in [0.15, 0.2) is 36.4 Å². The van der Waals surface area contributed by atoms with E-state index in [1.807, 2.05) is 0 Å². The van der Waals surface area contributed by atoms with E-state index < -0.39 is 6.03 Å². The van der Waals surface area contributed by atoms with E-state index in [1.165, 1.54) is 6.07 Å². The first-order valence-electron chi connectivity index (χ1n) is 6.03. The second kappa shape index (κ2) is 6.56. The Balaban J connectivity index is 1.95. The van der Waals surface area contributed by atoms with Crippen LogP contribution in [0.3, 0.4) is 0 Å². The van der Waals surface area contributed by atoms with Crippen molar-refractivity contribution >= 4 is 40.6 Å². The van der Waals surface area contributed by atoms with Gasteiger partial charge in [-0.05, 0) is 36.4 Å². The van der Waals surface area contributed by atoms with E-state index in [1.54, 1.807) is 30.3 Å². The SMILES string of the molecule is Nc1ccc(O)c(CNC(=O)Nc2ccc(Cl)c(Cl)c2)c1. The minimum absolute atomic E-state index is 0.0686. The molecule has 0 aliphatic rings. The van der Waals surface area contributed by atoms with Gasteiger partial charge in [-0.2, -0.15) is 0 Å². The summed E-state index contributed by atoms with van der Waals surface area (Å²) < 4.78 is 0. The lowest BCUT2D eigenvalue weighted by molar-refractivity contribution is 0.251. The number of phenolic OH excluding ortho intramolecular Hbond substituents is 1. The van der Waals surface area contributed by atoms with Crippen molar-refractivity contribution in [3.05, 3.63) is 52.0 Å². The predicted octanol–water partition coefficient (Wildman–Crippen LogP) is 3.60. The van der Waals surface area contributed by atoms with E-state index in [-0.39, 0.29) is 12.3 Å². The van der Waals surface area contributed by atoms with Gasteiger partial charge < -0.3 is 21.5 Å². The molecule has 2 rings (SSSR count). The average molecular weight is 326 g/mol. The molecule has 0 radical (unpaired) electrons. The number of urea groups is 1. The van der Waals surface area contributed by atoms with Gasteiger partial charge in [0.1, 0.15) is 5.75 Å². The summed E-state index contributed by atoms with van der Waals surface area (Å²) in [6, 6.07) is 8.97. The summed E-state index contributed by atoms with van der Waals surface area (Å²) in [6.45, 7) is 0.143. The normalized spacial score (nSPS) is 10.2. The first-order valence-corrected chi connectivity index (χ1v) is 6.78. The molecular weight excluding hydrogens is 313 g/mol. The van der Waals surface area contributed by atoms with Crippen molar-refractivity contribution in [1.29, 1.82) is 0 Å². The number of benzene rings is 2. The second-order valence-electron chi connectivity index (χ2n) is 4.32. The lowest BCUT2D eigenvalue weighted by Gasteiger charge is -2.10. The van der Waals surface area contributed by atoms with Crippen molar-refractivity contribution in [3.8, 4) is 5.75 Å². The fraction of sp³-hybridized carbons (Fsp3) is 0.0714. The van der Waals surface area contributed by atoms with Gasteiger partial charge in [-0.15, -0.1) is 0 Å². The third-order valence-corrected chi connectivity index (χ3v) is 3.46. The predicted molar refractivity (Wildman–Crippen MR) is 84.8 cm³/mol. The van der Waals surface area contributed by atoms with Gasteiger partial charge in [0.2, 0.25) is 0 Å². The molecule has 0 bridgehead atoms. The maximum Gasteiger partial charge on any atom is 0.319 e. The van der Waals surface area contributed by atoms with E-state index in [4.69, 9.17) is 28.9 Å². The summed E-state index contributed by atoms with van der Waals surface area (Å²) in [7, 11) is 0. The number of halogens is 2. The summed E-state index contributed by atoms with van der Waals surface area (Å²) in [4.78, 5) is 11.8. The zero-order valence-electron chi connectivity index (χ0n) is 10.9. The molecule has 2 aromatic rings. The monoisotopic (exact) mass is 325 g/mol. The van der Waals surface area contributed by atoms with Crippen molar-refractivity contribution in [2.45, 2.75) is 6.54 Å². The maximum atomic E-state index is 11.8. The van der Waals surface area contributed by atoms with Crippen molar-refractivity contribution in [1.82, 2.24) is 5.32 Å². The Morgan fingerprint density at radius 1 is 1.14 bits per heavy atom. The molecule has 0 aliphatic carbocycles. The highest BCUT2D eigenvalue weighted by Crippen LogP contribution is 2.25. The summed E-state index contributed by atoms with van der Waals surface area (Å²) in [6.07, 6.45) is 0. The number of nitrogens with two attached hydrogens (primary N) is 1. The van der Waals surface area contributed by atoms with Crippen molar-refractivity contribution in [2.24, 2.45) is 0 Å². The fourth-order valence-electron chi connectivity index (χ4n) is 1.67. The minimum Gasteiger partial charge on any atom is -0.508 e. The maximum absolute atomic E-state index is 11.8. The van der Waals surface area contributed by atoms with Crippen molar-refractivity contribution < 1.29 is 9.90 Å². The highest BCUT2D eigenvalue weighted by atomic mass is 35.5. The molecule has 0 unspecified atom stereocenters. The molecule has 0 spiro atoms. The average Bonchev–Trinajstić information content (AvgIpc) is 2.44. The molecule has 7 heteroatoms. The Kier molecular flexibility index (Phi) is 4.77. The van der Waals surface area contributed by atoms with Gasteiger partial charge in [0.15, 0.2) is 0 Å². The Morgan fingerprint density at radius 2 is 1.90 bits per heavy atom. The van der Waals surface area contributed by atoms with Gasteiger partial charge in [-0.25, -0.2) is 4.79 Å². The second-order valence-corrected chi connectivity index (χ2v) is 5.14. The molecule has 2 aromatic carbocycles. The lowest BCUT2D eigenvalue weighted by atomic mass is 10.2. The molecule has 0 fully saturated rings. The fourth-order valence-corrected chi connectivity index (χ4v) is 1.97. The van der Waals surface area contributed by atoms with Crippen LogP contribution >= 0.6 is 23.2 Å². The molecule has 110 valence electrons. The van der Waals surface area contributed by atoms with Gasteiger partial charge in [0.05, 0.1) is 10.0 Å². The summed E-state index contributed by atoms with van der Waals surface area (Å²) in [5, 5.41) is 15.6. The molecule has 2 amide bonds. The number of aromatic hydroxyl groups is 1. The number of hydrogen-bond acceptors (Lipinski definition) is 3. The lowest BCUT2D eigenvalue weighted by Crippen LogP contribution is -2.28. The molecule has 0 atom stereocenters. The quantitative estimate of drug-likeness (QED) is 0.513. The third kappa shape index (κ3) is 4.18. The molecule has 21 heavy (non-hydrogen) atoms. The van der Waals surface area contributed by atoms with E-state index >= 15 is 0 Å². The van der Waals surface area contributed by atoms with Crippen LogP contribution in [-0.2, 0) is 6.54 Å². The zero-order valence-corrected chi connectivity index (χ0v) is 12.4. The molecule has 0 aliphatic heterocycles. The van der Waals surface area contributed by atoms with E-state index in [0.717, 1.165) is 0 Å². The van der Waals surface area contributed by atoms with Crippen LogP contribution in [0.1, 0.15) is 5.56 Å². The van der Waals surface area contributed by atoms with Crippen LogP contribution in [-0.4, -0.2) is 11.1 Å². The Labute approximate surface area is 131 Å². The Hall–Kier alpha value is -2.11. The standard InChI is InChI=1S/C14H13Cl2N3O2/c15-11-3-2-10(6-12(11)16)19-14(21)18-7-8-5-9(17)1-4-13(8)20/h1-6,20H,7,17H2,(H2,18,19,21). The minimum atomic E-state index is -0.435. The van der Waals surface area contributed by atoms with Crippen LogP contribution in [0.5, 0.6) is 5.75 Å². The van der Waals surface area contributed by atoms with Crippen LogP contribution in [0.2, 0.25) is 10.0 Å². The van der Waals surface area contributed by atoms with Crippen LogP contribution in [0.25, 0.3) is 0 Å². The molecule has 5 N–H and O–H groups in total.